The Kier molecular flexibility index (Phi) is 10.6. The maximum absolute atomic E-state index is 10.9. The zero-order chi connectivity index (χ0) is 21.5. The van der Waals surface area contributed by atoms with E-state index in [1.54, 1.807) is 0 Å². The zero-order valence-corrected chi connectivity index (χ0v) is 17.8. The smallest absolute Gasteiger partial charge is 0.302 e. The van der Waals surface area contributed by atoms with Gasteiger partial charge >= 0.3 is 5.97 Å². The Morgan fingerprint density at radius 2 is 1.40 bits per heavy atom. The molecular formula is C26H32O4. The minimum absolute atomic E-state index is 0.238. The Hall–Kier alpha value is -2.69. The van der Waals surface area contributed by atoms with E-state index in [0.29, 0.717) is 26.4 Å². The zero-order valence-electron chi connectivity index (χ0n) is 17.8. The summed E-state index contributed by atoms with van der Waals surface area (Å²) in [6.07, 6.45) is 7.31. The molecule has 0 saturated heterocycles. The van der Waals surface area contributed by atoms with E-state index < -0.39 is 0 Å². The molecule has 0 amide bonds. The van der Waals surface area contributed by atoms with Crippen molar-refractivity contribution in [2.75, 3.05) is 19.8 Å². The van der Waals surface area contributed by atoms with Crippen LogP contribution in [0.4, 0.5) is 0 Å². The fourth-order valence-electron chi connectivity index (χ4n) is 3.15. The minimum atomic E-state index is -0.283. The molecule has 0 bridgehead atoms. The van der Waals surface area contributed by atoms with Gasteiger partial charge < -0.3 is 14.2 Å². The highest BCUT2D eigenvalue weighted by Gasteiger charge is 2.29. The molecule has 0 aliphatic heterocycles. The van der Waals surface area contributed by atoms with E-state index in [1.165, 1.54) is 6.92 Å². The van der Waals surface area contributed by atoms with Gasteiger partial charge in [-0.25, -0.2) is 0 Å². The average Bonchev–Trinajstić information content (AvgIpc) is 2.75. The molecule has 0 radical (unpaired) electrons. The Morgan fingerprint density at radius 3 is 1.87 bits per heavy atom. The van der Waals surface area contributed by atoms with Gasteiger partial charge in [-0.2, -0.15) is 0 Å². The molecule has 0 fully saturated rings. The fraction of sp³-hybridized carbons (Fsp3) is 0.346. The van der Waals surface area contributed by atoms with Crippen LogP contribution >= 0.6 is 0 Å². The van der Waals surface area contributed by atoms with Crippen molar-refractivity contribution < 1.29 is 19.0 Å². The quantitative estimate of drug-likeness (QED) is 0.306. The molecule has 30 heavy (non-hydrogen) atoms. The number of carbonyl (C=O) groups is 1. The normalized spacial score (nSPS) is 11.5. The maximum atomic E-state index is 10.9. The predicted octanol–water partition coefficient (Wildman–Crippen LogP) is 5.49. The third kappa shape index (κ3) is 9.21. The predicted molar refractivity (Wildman–Crippen MR) is 120 cm³/mol. The van der Waals surface area contributed by atoms with Crippen molar-refractivity contribution in [1.29, 1.82) is 0 Å². The second-order valence-corrected chi connectivity index (χ2v) is 7.43. The summed E-state index contributed by atoms with van der Waals surface area (Å²) in [4.78, 5) is 10.9. The summed E-state index contributed by atoms with van der Waals surface area (Å²) < 4.78 is 17.2. The van der Waals surface area contributed by atoms with Crippen LogP contribution in [0.15, 0.2) is 85.5 Å². The third-order valence-electron chi connectivity index (χ3n) is 4.72. The SMILES string of the molecule is C=CCC(CC=CCOC(C)=O)(COCc1ccccc1)COCc1ccccc1. The Morgan fingerprint density at radius 1 is 0.867 bits per heavy atom. The third-order valence-corrected chi connectivity index (χ3v) is 4.72. The highest BCUT2D eigenvalue weighted by Crippen LogP contribution is 2.30. The Labute approximate surface area is 180 Å². The highest BCUT2D eigenvalue weighted by molar-refractivity contribution is 5.65. The molecule has 0 aliphatic carbocycles. The molecule has 0 aliphatic rings. The molecular weight excluding hydrogens is 376 g/mol. The van der Waals surface area contributed by atoms with Crippen LogP contribution in [-0.2, 0) is 32.2 Å². The summed E-state index contributed by atoms with van der Waals surface area (Å²) in [7, 11) is 0. The molecule has 0 saturated carbocycles. The molecule has 4 nitrogen and oxygen atoms in total. The van der Waals surface area contributed by atoms with Crippen LogP contribution in [-0.4, -0.2) is 25.8 Å². The largest absolute Gasteiger partial charge is 0.462 e. The van der Waals surface area contributed by atoms with Gasteiger partial charge in [-0.05, 0) is 24.0 Å². The lowest BCUT2D eigenvalue weighted by molar-refractivity contribution is -0.139. The lowest BCUT2D eigenvalue weighted by Gasteiger charge is -2.31. The number of esters is 1. The molecule has 2 aromatic rings. The van der Waals surface area contributed by atoms with Gasteiger partial charge in [0.25, 0.3) is 0 Å². The summed E-state index contributed by atoms with van der Waals surface area (Å²) in [6.45, 7) is 7.81. The maximum Gasteiger partial charge on any atom is 0.302 e. The van der Waals surface area contributed by atoms with Gasteiger partial charge in [-0.15, -0.1) is 6.58 Å². The van der Waals surface area contributed by atoms with Crippen LogP contribution in [0.25, 0.3) is 0 Å². The number of carbonyl (C=O) groups excluding carboxylic acids is 1. The van der Waals surface area contributed by atoms with Crippen molar-refractivity contribution in [1.82, 2.24) is 0 Å². The summed E-state index contributed by atoms with van der Waals surface area (Å²) in [5.41, 5.74) is 2.04. The summed E-state index contributed by atoms with van der Waals surface area (Å²) in [5.74, 6) is -0.283. The van der Waals surface area contributed by atoms with Crippen LogP contribution < -0.4 is 0 Å². The summed E-state index contributed by atoms with van der Waals surface area (Å²) >= 11 is 0. The van der Waals surface area contributed by atoms with E-state index in [-0.39, 0.29) is 18.0 Å². The van der Waals surface area contributed by atoms with E-state index in [9.17, 15) is 4.79 Å². The molecule has 4 heteroatoms. The van der Waals surface area contributed by atoms with E-state index in [2.05, 4.69) is 30.8 Å². The van der Waals surface area contributed by atoms with Gasteiger partial charge in [0.15, 0.2) is 0 Å². The number of ether oxygens (including phenoxy) is 3. The van der Waals surface area contributed by atoms with Gasteiger partial charge in [0.05, 0.1) is 26.4 Å². The lowest BCUT2D eigenvalue weighted by Crippen LogP contribution is -2.31. The molecule has 2 aromatic carbocycles. The Bertz CT molecular complexity index is 723. The molecule has 0 aromatic heterocycles. The van der Waals surface area contributed by atoms with Crippen molar-refractivity contribution in [2.45, 2.75) is 33.0 Å². The molecule has 0 unspecified atom stereocenters. The van der Waals surface area contributed by atoms with Crippen LogP contribution in [0.2, 0.25) is 0 Å². The first-order valence-corrected chi connectivity index (χ1v) is 10.3. The number of allylic oxidation sites excluding steroid dienone is 2. The number of benzene rings is 2. The van der Waals surface area contributed by atoms with Gasteiger partial charge in [0.1, 0.15) is 6.61 Å². The van der Waals surface area contributed by atoms with Crippen molar-refractivity contribution in [2.24, 2.45) is 5.41 Å². The van der Waals surface area contributed by atoms with Crippen molar-refractivity contribution in [3.63, 3.8) is 0 Å². The summed E-state index contributed by atoms with van der Waals surface area (Å²) in [5, 5.41) is 0. The summed E-state index contributed by atoms with van der Waals surface area (Å²) in [6, 6.07) is 20.3. The first-order chi connectivity index (χ1) is 14.6. The Balaban J connectivity index is 1.99. The van der Waals surface area contributed by atoms with E-state index >= 15 is 0 Å². The first-order valence-electron chi connectivity index (χ1n) is 10.3. The van der Waals surface area contributed by atoms with Crippen LogP contribution in [0, 0.1) is 5.41 Å². The van der Waals surface area contributed by atoms with Crippen molar-refractivity contribution >= 4 is 5.97 Å². The van der Waals surface area contributed by atoms with Gasteiger partial charge in [0.2, 0.25) is 0 Å². The van der Waals surface area contributed by atoms with E-state index in [4.69, 9.17) is 14.2 Å². The van der Waals surface area contributed by atoms with Crippen molar-refractivity contribution in [3.05, 3.63) is 96.6 Å². The average molecular weight is 409 g/mol. The fourth-order valence-corrected chi connectivity index (χ4v) is 3.15. The second kappa shape index (κ2) is 13.5. The van der Waals surface area contributed by atoms with Gasteiger partial charge in [0, 0.05) is 12.3 Å². The van der Waals surface area contributed by atoms with Gasteiger partial charge in [-0.3, -0.25) is 4.79 Å². The van der Waals surface area contributed by atoms with Crippen LogP contribution in [0.5, 0.6) is 0 Å². The number of hydrogen-bond acceptors (Lipinski definition) is 4. The molecule has 0 spiro atoms. The van der Waals surface area contributed by atoms with Crippen LogP contribution in [0.3, 0.4) is 0 Å². The minimum Gasteiger partial charge on any atom is -0.462 e. The topological polar surface area (TPSA) is 44.8 Å². The van der Waals surface area contributed by atoms with E-state index in [1.807, 2.05) is 54.6 Å². The molecule has 2 rings (SSSR count). The molecule has 0 atom stereocenters. The highest BCUT2D eigenvalue weighted by atomic mass is 16.5. The van der Waals surface area contributed by atoms with E-state index in [0.717, 1.165) is 24.0 Å². The van der Waals surface area contributed by atoms with Crippen LogP contribution in [0.1, 0.15) is 30.9 Å². The first kappa shape index (κ1) is 23.6. The molecule has 0 heterocycles. The molecule has 0 N–H and O–H groups in total. The monoisotopic (exact) mass is 408 g/mol. The number of hydrogen-bond donors (Lipinski definition) is 0. The van der Waals surface area contributed by atoms with Crippen molar-refractivity contribution in [3.8, 4) is 0 Å². The standard InChI is InChI=1S/C26H32O4/c1-3-16-26(17-10-11-18-30-23(2)27,21-28-19-24-12-6-4-7-13-24)22-29-20-25-14-8-5-9-15-25/h3-15H,1,16-22H2,2H3. The van der Waals surface area contributed by atoms with Gasteiger partial charge in [-0.1, -0.05) is 78.9 Å². The molecule has 160 valence electrons. The number of rotatable bonds is 14. The second-order valence-electron chi connectivity index (χ2n) is 7.43. The lowest BCUT2D eigenvalue weighted by atomic mass is 9.82.